The maximum Gasteiger partial charge on any atom is 0.500 e. The average molecular weight is 686 g/mol. The van der Waals surface area contributed by atoms with Crippen LogP contribution in [0.3, 0.4) is 0 Å². The summed E-state index contributed by atoms with van der Waals surface area (Å²) in [5.74, 6) is -2.22. The van der Waals surface area contributed by atoms with Crippen molar-refractivity contribution in [3.8, 4) is 0 Å². The summed E-state index contributed by atoms with van der Waals surface area (Å²) in [4.78, 5) is 25.2. The van der Waals surface area contributed by atoms with Gasteiger partial charge in [-0.25, -0.2) is 0 Å². The van der Waals surface area contributed by atoms with Gasteiger partial charge in [0.1, 0.15) is 0 Å². The lowest BCUT2D eigenvalue weighted by Gasteiger charge is -2.25. The van der Waals surface area contributed by atoms with E-state index in [0.29, 0.717) is 30.8 Å². The first kappa shape index (κ1) is 37.5. The smallest absolute Gasteiger partial charge is 0.481 e. The third-order valence-corrected chi connectivity index (χ3v) is 12.9. The molecule has 0 aromatic heterocycles. The van der Waals surface area contributed by atoms with Gasteiger partial charge >= 0.3 is 14.8 Å². The average Bonchev–Trinajstić information content (AvgIpc) is 2.89. The van der Waals surface area contributed by atoms with Crippen molar-refractivity contribution in [2.45, 2.75) is 94.8 Å². The Bertz CT molecular complexity index is 722. The van der Waals surface area contributed by atoms with E-state index < -0.39 is 20.7 Å². The van der Waals surface area contributed by atoms with Gasteiger partial charge in [-0.3, -0.25) is 9.59 Å². The normalized spacial score (nSPS) is 16.0. The van der Waals surface area contributed by atoms with Crippen molar-refractivity contribution in [3.63, 3.8) is 0 Å². The Kier molecular flexibility index (Phi) is 20.1. The first-order valence-corrected chi connectivity index (χ1v) is 17.4. The molecule has 0 aromatic carbocycles. The van der Waals surface area contributed by atoms with E-state index in [-0.39, 0.29) is 27.9 Å². The highest BCUT2D eigenvalue weighted by atomic mass is 79.9. The van der Waals surface area contributed by atoms with Crippen molar-refractivity contribution in [1.29, 1.82) is 0 Å². The van der Waals surface area contributed by atoms with E-state index in [2.05, 4.69) is 70.1 Å². The zero-order valence-corrected chi connectivity index (χ0v) is 28.6. The van der Waals surface area contributed by atoms with Crippen LogP contribution in [0.15, 0.2) is 24.3 Å². The fourth-order valence-corrected chi connectivity index (χ4v) is 6.87. The van der Waals surface area contributed by atoms with Crippen LogP contribution in [-0.4, -0.2) is 63.3 Å². The molecule has 10 heteroatoms. The number of halogens is 2. The summed E-state index contributed by atoms with van der Waals surface area (Å²) >= 11 is 7.60. The second-order valence-corrected chi connectivity index (χ2v) is 15.9. The first-order valence-electron chi connectivity index (χ1n) is 13.6. The molecule has 0 rings (SSSR count). The molecule has 0 saturated heterocycles. The number of carbonyl (C=O) groups excluding carboxylic acids is 1. The van der Waals surface area contributed by atoms with Gasteiger partial charge in [-0.2, -0.15) is 0 Å². The van der Waals surface area contributed by atoms with E-state index in [1.54, 1.807) is 21.3 Å². The van der Waals surface area contributed by atoms with Crippen LogP contribution in [0.5, 0.6) is 0 Å². The van der Waals surface area contributed by atoms with Crippen LogP contribution in [0.2, 0.25) is 6.04 Å². The summed E-state index contributed by atoms with van der Waals surface area (Å²) < 4.78 is 16.2. The van der Waals surface area contributed by atoms with Gasteiger partial charge in [-0.05, 0) is 56.8 Å². The van der Waals surface area contributed by atoms with E-state index >= 15 is 0 Å². The second kappa shape index (κ2) is 20.4. The lowest BCUT2D eigenvalue weighted by molar-refractivity contribution is -0.145. The zero-order valence-electron chi connectivity index (χ0n) is 24.4. The highest BCUT2D eigenvalue weighted by Crippen LogP contribution is 2.30. The van der Waals surface area contributed by atoms with E-state index in [9.17, 15) is 14.7 Å². The second-order valence-electron chi connectivity index (χ2n) is 10.5. The van der Waals surface area contributed by atoms with E-state index in [1.807, 2.05) is 19.1 Å². The number of hydrogen-bond donors (Lipinski definition) is 2. The van der Waals surface area contributed by atoms with Gasteiger partial charge in [0.05, 0.1) is 5.92 Å². The van der Waals surface area contributed by atoms with Crippen molar-refractivity contribution < 1.29 is 28.0 Å². The quantitative estimate of drug-likeness (QED) is 0.0546. The van der Waals surface area contributed by atoms with Gasteiger partial charge in [0.25, 0.3) is 0 Å². The molecule has 2 N–H and O–H groups in total. The number of carboxylic acid groups (broad SMARTS) is 1. The highest BCUT2D eigenvalue weighted by Gasteiger charge is 2.37. The third kappa shape index (κ3) is 15.3. The van der Waals surface area contributed by atoms with Crippen molar-refractivity contribution >= 4 is 52.5 Å². The predicted molar refractivity (Wildman–Crippen MR) is 165 cm³/mol. The molecule has 4 atom stereocenters. The number of hydrogen-bond acceptors (Lipinski definition) is 5. The minimum atomic E-state index is -2.69. The molecule has 222 valence electrons. The zero-order chi connectivity index (χ0) is 29.2. The number of allylic oxidation sites excluding steroid dienone is 4. The van der Waals surface area contributed by atoms with Crippen LogP contribution in [-0.2, 0) is 22.9 Å². The van der Waals surface area contributed by atoms with Crippen molar-refractivity contribution in [2.75, 3.05) is 27.9 Å². The van der Waals surface area contributed by atoms with E-state index in [4.69, 9.17) is 13.3 Å². The minimum Gasteiger partial charge on any atom is -0.481 e. The summed E-state index contributed by atoms with van der Waals surface area (Å²) in [6, 6.07) is 0.563. The maximum absolute atomic E-state index is 12.6. The van der Waals surface area contributed by atoms with Crippen LogP contribution in [0, 0.1) is 17.3 Å². The van der Waals surface area contributed by atoms with E-state index in [1.165, 1.54) is 0 Å². The molecule has 0 saturated carbocycles. The molecular formula is C28H51Br2NO6Si. The fraction of sp³-hybridized carbons (Fsp3) is 0.786. The Morgan fingerprint density at radius 2 is 1.63 bits per heavy atom. The molecule has 0 spiro atoms. The van der Waals surface area contributed by atoms with Gasteiger partial charge < -0.3 is 23.7 Å². The summed E-state index contributed by atoms with van der Waals surface area (Å²) in [7, 11) is 1.97. The Labute approximate surface area is 249 Å². The Morgan fingerprint density at radius 3 is 2.16 bits per heavy atom. The maximum atomic E-state index is 12.6. The molecule has 4 unspecified atom stereocenters. The lowest BCUT2D eigenvalue weighted by atomic mass is 9.84. The lowest BCUT2D eigenvalue weighted by Crippen LogP contribution is -2.43. The van der Waals surface area contributed by atoms with Crippen LogP contribution in [0.1, 0.15) is 79.1 Å². The first-order chi connectivity index (χ1) is 17.9. The molecule has 0 heterocycles. The van der Waals surface area contributed by atoms with Gasteiger partial charge in [-0.1, -0.05) is 83.4 Å². The van der Waals surface area contributed by atoms with Crippen LogP contribution >= 0.6 is 31.9 Å². The monoisotopic (exact) mass is 683 g/mol. The molecule has 0 aromatic rings. The van der Waals surface area contributed by atoms with Crippen molar-refractivity contribution in [2.24, 2.45) is 17.3 Å². The summed E-state index contributed by atoms with van der Waals surface area (Å²) in [5.41, 5.74) is 0.340. The molecule has 7 nitrogen and oxygen atoms in total. The Morgan fingerprint density at radius 1 is 1.03 bits per heavy atom. The standard InChI is InChI=1S/C28H51Br2NO6Si/c1-8-14-22(16-17-25(30)24(29)15-11-10-12-18-28(3,4)9-2)23(27(33)34)21-26(32)31-19-13-20-38(35-5,36-6)37-7/h8,10,12,14,22-25H,9,11,13,15-21H2,1-7H3,(H,31,32)(H,33,34)/b12-10+,14-8+. The number of amides is 1. The van der Waals surface area contributed by atoms with Gasteiger partial charge in [0.15, 0.2) is 0 Å². The van der Waals surface area contributed by atoms with Gasteiger partial charge in [0.2, 0.25) is 5.91 Å². The van der Waals surface area contributed by atoms with E-state index in [0.717, 1.165) is 32.1 Å². The molecule has 0 fully saturated rings. The summed E-state index contributed by atoms with van der Waals surface area (Å²) in [5, 5.41) is 12.8. The molecule has 0 radical (unpaired) electrons. The number of carboxylic acids is 1. The van der Waals surface area contributed by atoms with Gasteiger partial charge in [-0.15, -0.1) is 0 Å². The van der Waals surface area contributed by atoms with Gasteiger partial charge in [0, 0.05) is 50.0 Å². The minimum absolute atomic E-state index is 0.0602. The number of nitrogens with one attached hydrogen (secondary N) is 1. The van der Waals surface area contributed by atoms with Crippen LogP contribution in [0.4, 0.5) is 0 Å². The summed E-state index contributed by atoms with van der Waals surface area (Å²) in [6.07, 6.45) is 14.6. The number of carbonyl (C=O) groups is 2. The van der Waals surface area contributed by atoms with Crippen LogP contribution < -0.4 is 5.32 Å². The molecule has 38 heavy (non-hydrogen) atoms. The number of rotatable bonds is 22. The SMILES string of the molecule is C/C=C/C(CCC(Br)C(Br)CC/C=C/CC(C)(C)CC)C(CC(=O)NCCC[Si](OC)(OC)OC)C(=O)O. The van der Waals surface area contributed by atoms with Crippen LogP contribution in [0.25, 0.3) is 0 Å². The molecular weight excluding hydrogens is 634 g/mol. The number of alkyl halides is 2. The van der Waals surface area contributed by atoms with Crippen molar-refractivity contribution in [1.82, 2.24) is 5.32 Å². The largest absolute Gasteiger partial charge is 0.500 e. The third-order valence-electron chi connectivity index (χ3n) is 7.17. The Balaban J connectivity index is 4.80. The molecule has 0 aliphatic heterocycles. The summed E-state index contributed by atoms with van der Waals surface area (Å²) in [6.45, 7) is 9.08. The fourth-order valence-electron chi connectivity index (χ4n) is 4.09. The highest BCUT2D eigenvalue weighted by molar-refractivity contribution is 9.12. The molecule has 0 aliphatic rings. The number of aliphatic carboxylic acids is 1. The molecule has 0 aliphatic carbocycles. The molecule has 1 amide bonds. The van der Waals surface area contributed by atoms with Crippen molar-refractivity contribution in [3.05, 3.63) is 24.3 Å². The Hall–Kier alpha value is -0.523. The molecule has 0 bridgehead atoms. The topological polar surface area (TPSA) is 94.1 Å². The predicted octanol–water partition coefficient (Wildman–Crippen LogP) is 7.12.